The summed E-state index contributed by atoms with van der Waals surface area (Å²) < 4.78 is 76.4. The van der Waals surface area contributed by atoms with Crippen molar-refractivity contribution in [3.63, 3.8) is 0 Å². The lowest BCUT2D eigenvalue weighted by molar-refractivity contribution is -0.143. The van der Waals surface area contributed by atoms with Gasteiger partial charge in [0.2, 0.25) is 5.91 Å². The normalized spacial score (nSPS) is 17.0. The maximum Gasteiger partial charge on any atom is 0.416 e. The molecule has 1 aliphatic heterocycles. The predicted molar refractivity (Wildman–Crippen MR) is 64.7 cm³/mol. The highest BCUT2D eigenvalue weighted by Gasteiger charge is 2.37. The van der Waals surface area contributed by atoms with Gasteiger partial charge in [0, 0.05) is 19.6 Å². The third-order valence-electron chi connectivity index (χ3n) is 3.21. The number of hydrogen-bond donors (Lipinski definition) is 1. The highest BCUT2D eigenvalue weighted by Crippen LogP contribution is 2.36. The van der Waals surface area contributed by atoms with Gasteiger partial charge in [-0.3, -0.25) is 4.79 Å². The standard InChI is InChI=1S/C13H12F6N2O/c14-12(15,16)9-3-8(4-10(5-9)13(17,18)19)7-21-2-1-20-6-11(21)22/h3-5,20H,1-2,6-7H2. The summed E-state index contributed by atoms with van der Waals surface area (Å²) in [5, 5.41) is 2.77. The van der Waals surface area contributed by atoms with Gasteiger partial charge in [-0.2, -0.15) is 26.3 Å². The molecule has 1 aromatic carbocycles. The van der Waals surface area contributed by atoms with Crippen molar-refractivity contribution in [1.82, 2.24) is 10.2 Å². The van der Waals surface area contributed by atoms with Crippen molar-refractivity contribution in [1.29, 1.82) is 0 Å². The zero-order valence-corrected chi connectivity index (χ0v) is 11.2. The number of carbonyl (C=O) groups is 1. The van der Waals surface area contributed by atoms with Crippen molar-refractivity contribution < 1.29 is 31.1 Å². The molecule has 2 rings (SSSR count). The summed E-state index contributed by atoms with van der Waals surface area (Å²) in [6.45, 7) is 0.409. The molecule has 1 aliphatic rings. The first-order valence-electron chi connectivity index (χ1n) is 6.34. The predicted octanol–water partition coefficient (Wildman–Crippen LogP) is 2.66. The van der Waals surface area contributed by atoms with Gasteiger partial charge in [-0.25, -0.2) is 0 Å². The third-order valence-corrected chi connectivity index (χ3v) is 3.21. The molecule has 122 valence electrons. The van der Waals surface area contributed by atoms with E-state index >= 15 is 0 Å². The van der Waals surface area contributed by atoms with Crippen LogP contribution in [0.2, 0.25) is 0 Å². The van der Waals surface area contributed by atoms with E-state index < -0.39 is 23.5 Å². The largest absolute Gasteiger partial charge is 0.416 e. The van der Waals surface area contributed by atoms with E-state index in [2.05, 4.69) is 5.32 Å². The first-order chi connectivity index (χ1) is 10.1. The molecule has 0 unspecified atom stereocenters. The highest BCUT2D eigenvalue weighted by atomic mass is 19.4. The van der Waals surface area contributed by atoms with Crippen LogP contribution in [0.1, 0.15) is 16.7 Å². The second-order valence-electron chi connectivity index (χ2n) is 4.91. The Kier molecular flexibility index (Phi) is 4.37. The minimum Gasteiger partial charge on any atom is -0.336 e. The summed E-state index contributed by atoms with van der Waals surface area (Å²) in [7, 11) is 0. The summed E-state index contributed by atoms with van der Waals surface area (Å²) in [6, 6.07) is 1.36. The number of piperazine rings is 1. The molecule has 1 heterocycles. The van der Waals surface area contributed by atoms with Gasteiger partial charge in [0.25, 0.3) is 0 Å². The van der Waals surface area contributed by atoms with Crippen LogP contribution in [0.25, 0.3) is 0 Å². The summed E-state index contributed by atoms with van der Waals surface area (Å²) in [4.78, 5) is 12.8. The molecule has 1 amide bonds. The van der Waals surface area contributed by atoms with Gasteiger partial charge >= 0.3 is 12.4 Å². The van der Waals surface area contributed by atoms with E-state index in [1.807, 2.05) is 0 Å². The van der Waals surface area contributed by atoms with E-state index in [9.17, 15) is 31.1 Å². The Morgan fingerprint density at radius 2 is 1.55 bits per heavy atom. The fourth-order valence-corrected chi connectivity index (χ4v) is 2.14. The second kappa shape index (κ2) is 5.79. The van der Waals surface area contributed by atoms with Gasteiger partial charge in [0.1, 0.15) is 0 Å². The lowest BCUT2D eigenvalue weighted by Crippen LogP contribution is -2.47. The van der Waals surface area contributed by atoms with Crippen molar-refractivity contribution in [2.45, 2.75) is 18.9 Å². The van der Waals surface area contributed by atoms with E-state index in [1.165, 1.54) is 4.90 Å². The molecule has 1 saturated heterocycles. The van der Waals surface area contributed by atoms with Crippen molar-refractivity contribution in [2.75, 3.05) is 19.6 Å². The van der Waals surface area contributed by atoms with Gasteiger partial charge in [0.15, 0.2) is 0 Å². The molecule has 0 aromatic heterocycles. The van der Waals surface area contributed by atoms with Crippen LogP contribution in [-0.2, 0) is 23.7 Å². The first kappa shape index (κ1) is 16.6. The molecule has 0 bridgehead atoms. The van der Waals surface area contributed by atoms with Crippen LogP contribution in [0.15, 0.2) is 18.2 Å². The molecule has 9 heteroatoms. The molecule has 0 atom stereocenters. The van der Waals surface area contributed by atoms with E-state index in [-0.39, 0.29) is 37.2 Å². The molecule has 3 nitrogen and oxygen atoms in total. The molecule has 0 radical (unpaired) electrons. The van der Waals surface area contributed by atoms with E-state index in [0.29, 0.717) is 18.7 Å². The zero-order chi connectivity index (χ0) is 16.5. The maximum absolute atomic E-state index is 12.7. The highest BCUT2D eigenvalue weighted by molar-refractivity contribution is 5.79. The molecule has 0 spiro atoms. The van der Waals surface area contributed by atoms with Crippen LogP contribution in [0, 0.1) is 0 Å². The third kappa shape index (κ3) is 3.90. The molecule has 0 saturated carbocycles. The Balaban J connectivity index is 2.35. The lowest BCUT2D eigenvalue weighted by Gasteiger charge is -2.28. The number of hydrogen-bond acceptors (Lipinski definition) is 2. The van der Waals surface area contributed by atoms with Crippen molar-refractivity contribution in [3.05, 3.63) is 34.9 Å². The molecule has 1 N–H and O–H groups in total. The Labute approximate surface area is 121 Å². The van der Waals surface area contributed by atoms with Gasteiger partial charge in [0.05, 0.1) is 17.7 Å². The Morgan fingerprint density at radius 3 is 2.00 bits per heavy atom. The molecule has 1 aromatic rings. The van der Waals surface area contributed by atoms with Crippen LogP contribution < -0.4 is 5.32 Å². The number of carbonyl (C=O) groups excluding carboxylic acids is 1. The maximum atomic E-state index is 12.7. The average molecular weight is 326 g/mol. The number of alkyl halides is 6. The number of benzene rings is 1. The fraction of sp³-hybridized carbons (Fsp3) is 0.462. The molecular formula is C13H12F6N2O. The van der Waals surface area contributed by atoms with Gasteiger partial charge in [-0.15, -0.1) is 0 Å². The quantitative estimate of drug-likeness (QED) is 0.848. The van der Waals surface area contributed by atoms with Crippen molar-refractivity contribution >= 4 is 5.91 Å². The average Bonchev–Trinajstić information content (AvgIpc) is 2.39. The first-order valence-corrected chi connectivity index (χ1v) is 6.34. The molecule has 1 fully saturated rings. The summed E-state index contributed by atoms with van der Waals surface area (Å²) >= 11 is 0. The Morgan fingerprint density at radius 1 is 1.00 bits per heavy atom. The smallest absolute Gasteiger partial charge is 0.336 e. The minimum absolute atomic E-state index is 0.0189. The van der Waals surface area contributed by atoms with Gasteiger partial charge in [-0.05, 0) is 23.8 Å². The van der Waals surface area contributed by atoms with E-state index in [1.54, 1.807) is 0 Å². The summed E-state index contributed by atoms with van der Waals surface area (Å²) in [5.41, 5.74) is -2.95. The number of nitrogens with zero attached hydrogens (tertiary/aromatic N) is 1. The lowest BCUT2D eigenvalue weighted by atomic mass is 10.0. The van der Waals surface area contributed by atoms with Gasteiger partial charge < -0.3 is 10.2 Å². The van der Waals surface area contributed by atoms with E-state index in [0.717, 1.165) is 0 Å². The molecule has 0 aliphatic carbocycles. The number of halogens is 6. The van der Waals surface area contributed by atoms with Crippen LogP contribution in [-0.4, -0.2) is 30.4 Å². The summed E-state index contributed by atoms with van der Waals surface area (Å²) in [5.74, 6) is -0.364. The Bertz CT molecular complexity index is 534. The number of amides is 1. The van der Waals surface area contributed by atoms with E-state index in [4.69, 9.17) is 0 Å². The van der Waals surface area contributed by atoms with Crippen molar-refractivity contribution in [3.8, 4) is 0 Å². The molecule has 22 heavy (non-hydrogen) atoms. The monoisotopic (exact) mass is 326 g/mol. The van der Waals surface area contributed by atoms with Crippen LogP contribution >= 0.6 is 0 Å². The fourth-order valence-electron chi connectivity index (χ4n) is 2.14. The number of nitrogens with one attached hydrogen (secondary N) is 1. The SMILES string of the molecule is O=C1CNCCN1Cc1cc(C(F)(F)F)cc(C(F)(F)F)c1. The molecular weight excluding hydrogens is 314 g/mol. The Hall–Kier alpha value is -1.77. The topological polar surface area (TPSA) is 32.3 Å². The van der Waals surface area contributed by atoms with Crippen LogP contribution in [0.4, 0.5) is 26.3 Å². The number of rotatable bonds is 2. The second-order valence-corrected chi connectivity index (χ2v) is 4.91. The van der Waals surface area contributed by atoms with Crippen LogP contribution in [0.5, 0.6) is 0 Å². The summed E-state index contributed by atoms with van der Waals surface area (Å²) in [6.07, 6.45) is -9.77. The van der Waals surface area contributed by atoms with Crippen LogP contribution in [0.3, 0.4) is 0 Å². The zero-order valence-electron chi connectivity index (χ0n) is 11.2. The van der Waals surface area contributed by atoms with Crippen molar-refractivity contribution in [2.24, 2.45) is 0 Å². The minimum atomic E-state index is -4.89. The van der Waals surface area contributed by atoms with Gasteiger partial charge in [-0.1, -0.05) is 0 Å².